The number of fused-ring (bicyclic) bond motifs is 1. The van der Waals surface area contributed by atoms with Crippen LogP contribution in [0.15, 0.2) is 66.7 Å². The van der Waals surface area contributed by atoms with Crippen molar-refractivity contribution in [3.63, 3.8) is 0 Å². The number of rotatable bonds is 14. The summed E-state index contributed by atoms with van der Waals surface area (Å²) in [5.41, 5.74) is 10.4. The van der Waals surface area contributed by atoms with Crippen LogP contribution < -0.4 is 16.5 Å². The fraction of sp³-hybridized carbons (Fsp3) is 0.432. The third-order valence-electron chi connectivity index (χ3n) is 8.40. The zero-order valence-corrected chi connectivity index (χ0v) is 30.1. The van der Waals surface area contributed by atoms with Crippen LogP contribution in [0.3, 0.4) is 0 Å². The van der Waals surface area contributed by atoms with Gasteiger partial charge in [-0.05, 0) is 28.8 Å². The van der Waals surface area contributed by atoms with E-state index in [-0.39, 0.29) is 51.8 Å². The predicted molar refractivity (Wildman–Crippen MR) is 198 cm³/mol. The molecule has 1 aliphatic rings. The quantitative estimate of drug-likeness (QED) is 0.124. The number of carbonyl (C=O) groups is 5. The van der Waals surface area contributed by atoms with Crippen molar-refractivity contribution in [1.29, 1.82) is 0 Å². The molecule has 0 atom stereocenters. The van der Waals surface area contributed by atoms with E-state index in [1.807, 2.05) is 17.0 Å². The molecule has 4 rings (SSSR count). The Kier molecular flexibility index (Phi) is 18.3. The van der Waals surface area contributed by atoms with Crippen LogP contribution in [-0.2, 0) is 42.0 Å². The Balaban J connectivity index is 0.000000577. The number of nitrogens with zero attached hydrogens (tertiary/aromatic N) is 4. The molecule has 16 heteroatoms. The molecule has 0 spiro atoms. The van der Waals surface area contributed by atoms with Crippen LogP contribution in [0, 0.1) is 6.92 Å². The third-order valence-corrected chi connectivity index (χ3v) is 8.40. The minimum absolute atomic E-state index is 0.0275. The predicted octanol–water partition coefficient (Wildman–Crippen LogP) is 0.433. The van der Waals surface area contributed by atoms with Crippen molar-refractivity contribution in [2.45, 2.75) is 20.1 Å². The summed E-state index contributed by atoms with van der Waals surface area (Å²) in [6, 6.07) is 22.2. The lowest BCUT2D eigenvalue weighted by Gasteiger charge is -2.32. The first-order chi connectivity index (χ1) is 25.4. The van der Waals surface area contributed by atoms with Gasteiger partial charge in [0.1, 0.15) is 0 Å². The summed E-state index contributed by atoms with van der Waals surface area (Å²) >= 11 is 0. The summed E-state index contributed by atoms with van der Waals surface area (Å²) in [6.07, 6.45) is 0. The second-order valence-electron chi connectivity index (χ2n) is 12.7. The van der Waals surface area contributed by atoms with E-state index in [0.29, 0.717) is 52.4 Å². The fourth-order valence-corrected chi connectivity index (χ4v) is 5.55. The van der Waals surface area contributed by atoms with E-state index in [9.17, 15) is 39.3 Å². The van der Waals surface area contributed by atoms with Gasteiger partial charge in [0.2, 0.25) is 5.91 Å². The molecule has 0 radical (unpaired) electrons. The zero-order valence-electron chi connectivity index (χ0n) is 30.1. The van der Waals surface area contributed by atoms with Crippen LogP contribution in [0.25, 0.3) is 10.8 Å². The van der Waals surface area contributed by atoms with Crippen LogP contribution in [0.4, 0.5) is 0 Å². The molecule has 288 valence electrons. The molecule has 7 N–H and O–H groups in total. The van der Waals surface area contributed by atoms with Gasteiger partial charge in [0.25, 0.3) is 5.91 Å². The van der Waals surface area contributed by atoms with Gasteiger partial charge < -0.3 is 26.4 Å². The topological polar surface area (TPSA) is 218 Å². The minimum atomic E-state index is -1.02. The first kappa shape index (κ1) is 42.4. The molecule has 1 aliphatic heterocycles. The number of amides is 2. The molecule has 1 saturated heterocycles. The highest BCUT2D eigenvalue weighted by Crippen LogP contribution is 2.14. The summed E-state index contributed by atoms with van der Waals surface area (Å²) in [7, 11) is 0. The summed E-state index contributed by atoms with van der Waals surface area (Å²) < 4.78 is 0. The molecule has 2 amide bonds. The zero-order chi connectivity index (χ0) is 38.6. The van der Waals surface area contributed by atoms with Crippen molar-refractivity contribution in [2.75, 3.05) is 85.1 Å². The number of hydroxylamine groups is 1. The van der Waals surface area contributed by atoms with Crippen molar-refractivity contribution in [2.24, 2.45) is 5.73 Å². The highest BCUT2D eigenvalue weighted by molar-refractivity contribution is 5.83. The van der Waals surface area contributed by atoms with Crippen LogP contribution in [0.1, 0.15) is 16.7 Å². The van der Waals surface area contributed by atoms with Gasteiger partial charge in [0.05, 0.1) is 39.3 Å². The van der Waals surface area contributed by atoms with E-state index in [4.69, 9.17) is 10.6 Å². The number of aryl methyl sites for hydroxylation is 1. The molecule has 0 aliphatic carbocycles. The largest absolute Gasteiger partial charge is 0.480 e. The summed E-state index contributed by atoms with van der Waals surface area (Å²) in [6.45, 7) is 4.28. The Bertz CT molecular complexity index is 1610. The van der Waals surface area contributed by atoms with E-state index < -0.39 is 23.8 Å². The van der Waals surface area contributed by atoms with Gasteiger partial charge in [0, 0.05) is 58.9 Å². The molecule has 1 fully saturated rings. The van der Waals surface area contributed by atoms with Gasteiger partial charge >= 0.3 is 17.9 Å². The van der Waals surface area contributed by atoms with Crippen molar-refractivity contribution >= 4 is 40.5 Å². The maximum atomic E-state index is 12.8. The first-order valence-electron chi connectivity index (χ1n) is 17.4. The Labute approximate surface area is 309 Å². The standard InChI is InChI=1S/C26H41N7O9.C11H10/c27-13-22(34)29-42-19-21-3-1-20(2-4-21)14-28-23(35)15-30-5-7-31(16-24(36)37)9-11-33(18-26(40)41)12-10-32(8-6-30)17-25(38)39;1-9-6-7-10-4-2-3-5-11(10)8-9/h1-4H,5-19,27H2,(H,28,35)(H,29,34)(H,36,37)(H,38,39)(H,40,41);2-8H,1H3. The highest BCUT2D eigenvalue weighted by atomic mass is 16.6. The van der Waals surface area contributed by atoms with Crippen molar-refractivity contribution in [1.82, 2.24) is 30.4 Å². The van der Waals surface area contributed by atoms with Crippen LogP contribution >= 0.6 is 0 Å². The van der Waals surface area contributed by atoms with E-state index in [0.717, 1.165) is 11.1 Å². The first-order valence-corrected chi connectivity index (χ1v) is 17.4. The summed E-state index contributed by atoms with van der Waals surface area (Å²) in [4.78, 5) is 70.1. The normalized spacial score (nSPS) is 15.3. The minimum Gasteiger partial charge on any atom is -0.480 e. The number of hydrogen-bond acceptors (Lipinski definition) is 11. The summed E-state index contributed by atoms with van der Waals surface area (Å²) in [5.74, 6) is -3.73. The monoisotopic (exact) mass is 737 g/mol. The molecule has 0 aromatic heterocycles. The second kappa shape index (κ2) is 22.9. The molecule has 0 bridgehead atoms. The molecule has 0 saturated carbocycles. The molecule has 1 heterocycles. The maximum absolute atomic E-state index is 12.8. The average molecular weight is 738 g/mol. The number of carboxylic acid groups (broad SMARTS) is 3. The molecule has 0 unspecified atom stereocenters. The van der Waals surface area contributed by atoms with E-state index in [1.165, 1.54) is 16.3 Å². The van der Waals surface area contributed by atoms with Gasteiger partial charge in [-0.3, -0.25) is 48.4 Å². The van der Waals surface area contributed by atoms with Crippen LogP contribution in [0.5, 0.6) is 0 Å². The fourth-order valence-electron chi connectivity index (χ4n) is 5.55. The van der Waals surface area contributed by atoms with Gasteiger partial charge in [-0.15, -0.1) is 0 Å². The molecule has 16 nitrogen and oxygen atoms in total. The lowest BCUT2D eigenvalue weighted by Crippen LogP contribution is -2.49. The maximum Gasteiger partial charge on any atom is 0.317 e. The highest BCUT2D eigenvalue weighted by Gasteiger charge is 2.21. The Morgan fingerprint density at radius 2 is 1.08 bits per heavy atom. The number of benzene rings is 3. The molecule has 53 heavy (non-hydrogen) atoms. The van der Waals surface area contributed by atoms with Gasteiger partial charge in [0.15, 0.2) is 0 Å². The lowest BCUT2D eigenvalue weighted by molar-refractivity contribution is -0.140. The van der Waals surface area contributed by atoms with Crippen LogP contribution in [0.2, 0.25) is 0 Å². The SMILES string of the molecule is Cc1ccc2ccccc2c1.NCC(=O)NOCc1ccc(CNC(=O)CN2CCN(CC(=O)O)CCN(CC(=O)O)CCN(CC(=O)O)CC2)cc1. The van der Waals surface area contributed by atoms with Crippen LogP contribution in [-0.4, -0.2) is 150 Å². The Hall–Kier alpha value is -4.97. The Morgan fingerprint density at radius 1 is 0.623 bits per heavy atom. The number of aliphatic carboxylic acids is 3. The molecular formula is C37H51N7O9. The number of nitrogens with one attached hydrogen (secondary N) is 2. The van der Waals surface area contributed by atoms with E-state index in [1.54, 1.807) is 26.8 Å². The number of hydrogen-bond donors (Lipinski definition) is 6. The second-order valence-corrected chi connectivity index (χ2v) is 12.7. The van der Waals surface area contributed by atoms with Crippen molar-refractivity contribution in [3.8, 4) is 0 Å². The molecule has 3 aromatic carbocycles. The van der Waals surface area contributed by atoms with E-state index >= 15 is 0 Å². The van der Waals surface area contributed by atoms with Gasteiger partial charge in [-0.25, -0.2) is 5.48 Å². The Morgan fingerprint density at radius 3 is 1.55 bits per heavy atom. The molecular weight excluding hydrogens is 686 g/mol. The lowest BCUT2D eigenvalue weighted by atomic mass is 10.1. The third kappa shape index (κ3) is 17.4. The van der Waals surface area contributed by atoms with Gasteiger partial charge in [-0.1, -0.05) is 72.3 Å². The van der Waals surface area contributed by atoms with Crippen molar-refractivity contribution < 1.29 is 44.1 Å². The van der Waals surface area contributed by atoms with Crippen molar-refractivity contribution in [3.05, 3.63) is 83.4 Å². The number of carboxylic acids is 3. The van der Waals surface area contributed by atoms with Gasteiger partial charge in [-0.2, -0.15) is 0 Å². The molecule has 3 aromatic rings. The number of carbonyl (C=O) groups excluding carboxylic acids is 2. The summed E-state index contributed by atoms with van der Waals surface area (Å²) in [5, 5.41) is 33.5. The smallest absolute Gasteiger partial charge is 0.317 e. The average Bonchev–Trinajstić information content (AvgIpc) is 3.11. The van der Waals surface area contributed by atoms with E-state index in [2.05, 4.69) is 60.2 Å². The number of nitrogens with two attached hydrogens (primary N) is 1.